The Morgan fingerprint density at radius 1 is 1.58 bits per heavy atom. The molecule has 0 rings (SSSR count). The van der Waals surface area contributed by atoms with Gasteiger partial charge in [0.1, 0.15) is 0 Å². The molecule has 1 nitrogen and oxygen atoms in total. The van der Waals surface area contributed by atoms with Gasteiger partial charge >= 0.3 is 0 Å². The first-order valence-corrected chi connectivity index (χ1v) is 4.27. The van der Waals surface area contributed by atoms with Gasteiger partial charge in [0.2, 0.25) is 0 Å². The minimum atomic E-state index is 0.230. The van der Waals surface area contributed by atoms with Crippen molar-refractivity contribution in [1.82, 2.24) is 0 Å². The maximum absolute atomic E-state index is 8.83. The van der Waals surface area contributed by atoms with Gasteiger partial charge in [-0.1, -0.05) is 43.4 Å². The minimum Gasteiger partial charge on any atom is -0.396 e. The molecule has 0 radical (unpaired) electrons. The molecule has 68 valence electrons. The van der Waals surface area contributed by atoms with Crippen LogP contribution in [0.25, 0.3) is 0 Å². The molecule has 0 aliphatic heterocycles. The molecule has 0 amide bonds. The van der Waals surface area contributed by atoms with Crippen molar-refractivity contribution in [1.29, 1.82) is 0 Å². The maximum atomic E-state index is 8.83. The molecule has 0 aromatic rings. The van der Waals surface area contributed by atoms with E-state index >= 15 is 0 Å². The van der Waals surface area contributed by atoms with E-state index in [-0.39, 0.29) is 12.5 Å². The van der Waals surface area contributed by atoms with Crippen LogP contribution in [0.1, 0.15) is 20.3 Å². The summed E-state index contributed by atoms with van der Waals surface area (Å²) in [6, 6.07) is 0. The fourth-order valence-corrected chi connectivity index (χ4v) is 0.774. The van der Waals surface area contributed by atoms with Crippen molar-refractivity contribution in [3.8, 4) is 0 Å². The van der Waals surface area contributed by atoms with Gasteiger partial charge in [-0.15, -0.1) is 0 Å². The lowest BCUT2D eigenvalue weighted by Gasteiger charge is -2.06. The van der Waals surface area contributed by atoms with Crippen molar-refractivity contribution in [2.75, 3.05) is 6.61 Å². The summed E-state index contributed by atoms with van der Waals surface area (Å²) in [6.07, 6.45) is 8.77. The van der Waals surface area contributed by atoms with Gasteiger partial charge in [0.05, 0.1) is 0 Å². The smallest absolute Gasteiger partial charge is 0.0493 e. The molecule has 0 unspecified atom stereocenters. The molecule has 0 spiro atoms. The van der Waals surface area contributed by atoms with Gasteiger partial charge in [0.25, 0.3) is 0 Å². The number of allylic oxidation sites excluding steroid dienone is 4. The molecular formula is C11H18O. The topological polar surface area (TPSA) is 20.2 Å². The quantitative estimate of drug-likeness (QED) is 0.492. The summed E-state index contributed by atoms with van der Waals surface area (Å²) in [4.78, 5) is 0. The molecule has 0 aliphatic rings. The van der Waals surface area contributed by atoms with Crippen LogP contribution in [0.3, 0.4) is 0 Å². The molecule has 0 saturated heterocycles. The molecule has 1 N–H and O–H groups in total. The largest absolute Gasteiger partial charge is 0.396 e. The highest BCUT2D eigenvalue weighted by Gasteiger charge is 1.99. The average Bonchev–Trinajstić information content (AvgIpc) is 2.10. The summed E-state index contributed by atoms with van der Waals surface area (Å²) in [5.74, 6) is 0.280. The fraction of sp³-hybridized carbons (Fsp3) is 0.455. The van der Waals surface area contributed by atoms with E-state index in [1.807, 2.05) is 26.0 Å². The molecule has 0 heterocycles. The van der Waals surface area contributed by atoms with Gasteiger partial charge in [-0.2, -0.15) is 0 Å². The van der Waals surface area contributed by atoms with E-state index in [4.69, 9.17) is 5.11 Å². The van der Waals surface area contributed by atoms with E-state index in [1.54, 1.807) is 6.08 Å². The first kappa shape index (κ1) is 11.2. The zero-order valence-electron chi connectivity index (χ0n) is 7.96. The lowest BCUT2D eigenvalue weighted by atomic mass is 10.0. The third kappa shape index (κ3) is 4.91. The molecule has 1 atom stereocenters. The van der Waals surface area contributed by atoms with Crippen LogP contribution in [0.4, 0.5) is 0 Å². The molecule has 1 heteroatoms. The van der Waals surface area contributed by atoms with Crippen LogP contribution < -0.4 is 0 Å². The van der Waals surface area contributed by atoms with E-state index in [0.29, 0.717) is 0 Å². The van der Waals surface area contributed by atoms with Crippen molar-refractivity contribution in [3.05, 3.63) is 36.5 Å². The van der Waals surface area contributed by atoms with Gasteiger partial charge in [-0.25, -0.2) is 0 Å². The van der Waals surface area contributed by atoms with Crippen molar-refractivity contribution < 1.29 is 5.11 Å². The van der Waals surface area contributed by atoms with Gasteiger partial charge in [0, 0.05) is 6.61 Å². The van der Waals surface area contributed by atoms with Crippen LogP contribution in [0.2, 0.25) is 0 Å². The van der Waals surface area contributed by atoms with Crippen molar-refractivity contribution in [2.24, 2.45) is 5.92 Å². The van der Waals surface area contributed by atoms with E-state index in [2.05, 4.69) is 12.7 Å². The average molecular weight is 166 g/mol. The Balaban J connectivity index is 3.83. The van der Waals surface area contributed by atoms with E-state index in [0.717, 1.165) is 6.42 Å². The lowest BCUT2D eigenvalue weighted by molar-refractivity contribution is 0.256. The first-order chi connectivity index (χ1) is 5.72. The predicted molar refractivity (Wildman–Crippen MR) is 54.0 cm³/mol. The molecule has 0 bridgehead atoms. The molecule has 0 fully saturated rings. The molecule has 0 aliphatic carbocycles. The van der Waals surface area contributed by atoms with E-state index in [1.165, 1.54) is 5.57 Å². The summed E-state index contributed by atoms with van der Waals surface area (Å²) in [5.41, 5.74) is 1.24. The number of aliphatic hydroxyl groups is 1. The summed E-state index contributed by atoms with van der Waals surface area (Å²) in [6.45, 7) is 7.87. The van der Waals surface area contributed by atoms with Crippen LogP contribution >= 0.6 is 0 Å². The Morgan fingerprint density at radius 3 is 2.75 bits per heavy atom. The normalized spacial score (nSPS) is 15.1. The third-order valence-corrected chi connectivity index (χ3v) is 1.90. The van der Waals surface area contributed by atoms with Crippen LogP contribution in [-0.4, -0.2) is 11.7 Å². The van der Waals surface area contributed by atoms with Crippen molar-refractivity contribution >= 4 is 0 Å². The van der Waals surface area contributed by atoms with Crippen molar-refractivity contribution in [2.45, 2.75) is 20.3 Å². The SMILES string of the molecule is C=C/C=C\CC=C(C)[C@@H](C)CO. The third-order valence-electron chi connectivity index (χ3n) is 1.90. The zero-order chi connectivity index (χ0) is 9.40. The summed E-state index contributed by atoms with van der Waals surface area (Å²) >= 11 is 0. The Hall–Kier alpha value is -0.820. The lowest BCUT2D eigenvalue weighted by Crippen LogP contribution is -2.01. The highest BCUT2D eigenvalue weighted by Crippen LogP contribution is 2.09. The highest BCUT2D eigenvalue weighted by molar-refractivity contribution is 5.07. The number of rotatable bonds is 5. The standard InChI is InChI=1S/C11H18O/c1-4-5-6-7-8-10(2)11(3)9-12/h4-6,8,11-12H,1,7,9H2,2-3H3/b6-5-,10-8?/t11-/m0/s1. The summed E-state index contributed by atoms with van der Waals surface area (Å²) < 4.78 is 0. The Labute approximate surface area is 75.1 Å². The highest BCUT2D eigenvalue weighted by atomic mass is 16.3. The minimum absolute atomic E-state index is 0.230. The van der Waals surface area contributed by atoms with Crippen LogP contribution in [0, 0.1) is 5.92 Å². The second-order valence-corrected chi connectivity index (χ2v) is 2.93. The number of hydrogen-bond acceptors (Lipinski definition) is 1. The zero-order valence-corrected chi connectivity index (χ0v) is 7.96. The Bertz CT molecular complexity index is 177. The fourth-order valence-electron chi connectivity index (χ4n) is 0.774. The van der Waals surface area contributed by atoms with Gasteiger partial charge in [0.15, 0.2) is 0 Å². The maximum Gasteiger partial charge on any atom is 0.0493 e. The molecule has 0 aromatic carbocycles. The Morgan fingerprint density at radius 2 is 2.25 bits per heavy atom. The summed E-state index contributed by atoms with van der Waals surface area (Å²) in [5, 5.41) is 8.83. The molecule has 0 aromatic heterocycles. The van der Waals surface area contributed by atoms with Gasteiger partial charge in [-0.3, -0.25) is 0 Å². The van der Waals surface area contributed by atoms with Crippen molar-refractivity contribution in [3.63, 3.8) is 0 Å². The molecule has 12 heavy (non-hydrogen) atoms. The molecule has 0 saturated carbocycles. The first-order valence-electron chi connectivity index (χ1n) is 4.27. The number of aliphatic hydroxyl groups excluding tert-OH is 1. The summed E-state index contributed by atoms with van der Waals surface area (Å²) in [7, 11) is 0. The van der Waals surface area contributed by atoms with E-state index < -0.39 is 0 Å². The van der Waals surface area contributed by atoms with Gasteiger partial charge < -0.3 is 5.11 Å². The van der Waals surface area contributed by atoms with Gasteiger partial charge in [-0.05, 0) is 19.3 Å². The second kappa shape index (κ2) is 6.86. The monoisotopic (exact) mass is 166 g/mol. The Kier molecular flexibility index (Phi) is 6.39. The predicted octanol–water partition coefficient (Wildman–Crippen LogP) is 2.69. The van der Waals surface area contributed by atoms with Crippen LogP contribution in [0.15, 0.2) is 36.5 Å². The second-order valence-electron chi connectivity index (χ2n) is 2.93. The van der Waals surface area contributed by atoms with E-state index in [9.17, 15) is 0 Å². The molecular weight excluding hydrogens is 148 g/mol. The number of hydrogen-bond donors (Lipinski definition) is 1. The van der Waals surface area contributed by atoms with Crippen LogP contribution in [-0.2, 0) is 0 Å². The van der Waals surface area contributed by atoms with Crippen LogP contribution in [0.5, 0.6) is 0 Å².